The molecule has 1 saturated heterocycles. The van der Waals surface area contributed by atoms with Crippen molar-refractivity contribution in [2.24, 2.45) is 0 Å². The Morgan fingerprint density at radius 3 is 2.68 bits per heavy atom. The maximum absolute atomic E-state index is 12.7. The summed E-state index contributed by atoms with van der Waals surface area (Å²) < 4.78 is 0. The number of aryl methyl sites for hydroxylation is 1. The van der Waals surface area contributed by atoms with Gasteiger partial charge in [0, 0.05) is 49.8 Å². The smallest absolute Gasteiger partial charge is 0.237 e. The van der Waals surface area contributed by atoms with E-state index in [2.05, 4.69) is 52.4 Å². The van der Waals surface area contributed by atoms with Gasteiger partial charge in [-0.2, -0.15) is 0 Å². The molecule has 0 bridgehead atoms. The van der Waals surface area contributed by atoms with E-state index in [-0.39, 0.29) is 5.91 Å². The minimum atomic E-state index is 0.279. The number of anilines is 1. The number of benzene rings is 1. The van der Waals surface area contributed by atoms with Gasteiger partial charge in [-0.25, -0.2) is 0 Å². The zero-order valence-corrected chi connectivity index (χ0v) is 15.6. The van der Waals surface area contributed by atoms with Crippen molar-refractivity contribution in [3.63, 3.8) is 0 Å². The molecule has 5 heteroatoms. The second-order valence-electron chi connectivity index (χ2n) is 6.98. The largest absolute Gasteiger partial charge is 0.369 e. The Morgan fingerprint density at radius 2 is 1.88 bits per heavy atom. The van der Waals surface area contributed by atoms with E-state index in [0.717, 1.165) is 45.7 Å². The molecule has 132 valence electrons. The molecule has 0 aliphatic carbocycles. The van der Waals surface area contributed by atoms with Crippen molar-refractivity contribution in [2.75, 3.05) is 44.2 Å². The van der Waals surface area contributed by atoms with Crippen LogP contribution in [-0.4, -0.2) is 55.0 Å². The molecule has 4 rings (SSSR count). The summed E-state index contributed by atoms with van der Waals surface area (Å²) in [4.78, 5) is 20.9. The molecule has 3 heterocycles. The third-order valence-electron chi connectivity index (χ3n) is 5.35. The molecule has 1 aromatic carbocycles. The van der Waals surface area contributed by atoms with Crippen molar-refractivity contribution in [1.29, 1.82) is 0 Å². The van der Waals surface area contributed by atoms with Crippen molar-refractivity contribution in [2.45, 2.75) is 19.9 Å². The van der Waals surface area contributed by atoms with Crippen molar-refractivity contribution in [3.8, 4) is 0 Å². The summed E-state index contributed by atoms with van der Waals surface area (Å²) in [6, 6.07) is 10.7. The van der Waals surface area contributed by atoms with E-state index in [1.807, 2.05) is 16.2 Å². The Balaban J connectivity index is 1.30. The Labute approximate surface area is 153 Å². The number of piperazine rings is 1. The maximum atomic E-state index is 12.7. The fraction of sp³-hybridized carbons (Fsp3) is 0.450. The fourth-order valence-electron chi connectivity index (χ4n) is 3.82. The number of hydrogen-bond donors (Lipinski definition) is 0. The van der Waals surface area contributed by atoms with E-state index >= 15 is 0 Å². The highest BCUT2D eigenvalue weighted by Crippen LogP contribution is 2.24. The van der Waals surface area contributed by atoms with Crippen molar-refractivity contribution in [3.05, 3.63) is 51.7 Å². The van der Waals surface area contributed by atoms with E-state index < -0.39 is 0 Å². The summed E-state index contributed by atoms with van der Waals surface area (Å²) in [6.45, 7) is 8.28. The van der Waals surface area contributed by atoms with Gasteiger partial charge in [-0.3, -0.25) is 9.69 Å². The van der Waals surface area contributed by atoms with Gasteiger partial charge in [0.2, 0.25) is 5.91 Å². The van der Waals surface area contributed by atoms with Crippen molar-refractivity contribution >= 4 is 22.9 Å². The van der Waals surface area contributed by atoms with Gasteiger partial charge in [-0.05, 0) is 42.0 Å². The minimum absolute atomic E-state index is 0.279. The van der Waals surface area contributed by atoms with Crippen molar-refractivity contribution in [1.82, 2.24) is 9.80 Å². The summed E-state index contributed by atoms with van der Waals surface area (Å²) >= 11 is 1.82. The number of carbonyl (C=O) groups excluding carboxylic acids is 1. The first kappa shape index (κ1) is 16.6. The number of carbonyl (C=O) groups is 1. The van der Waals surface area contributed by atoms with E-state index in [4.69, 9.17) is 0 Å². The van der Waals surface area contributed by atoms with Crippen LogP contribution in [0.4, 0.5) is 5.69 Å². The summed E-state index contributed by atoms with van der Waals surface area (Å²) in [6.07, 6.45) is 1.01. The minimum Gasteiger partial charge on any atom is -0.369 e. The summed E-state index contributed by atoms with van der Waals surface area (Å²) in [5.74, 6) is 0.279. The number of rotatable bonds is 3. The van der Waals surface area contributed by atoms with Crippen LogP contribution in [0, 0.1) is 6.92 Å². The average molecular weight is 356 g/mol. The third-order valence-corrected chi connectivity index (χ3v) is 6.37. The molecule has 4 nitrogen and oxygen atoms in total. The first-order chi connectivity index (χ1) is 12.2. The van der Waals surface area contributed by atoms with Gasteiger partial charge in [-0.1, -0.05) is 18.2 Å². The van der Waals surface area contributed by atoms with Crippen molar-refractivity contribution < 1.29 is 4.79 Å². The van der Waals surface area contributed by atoms with E-state index in [1.165, 1.54) is 21.7 Å². The molecule has 2 aliphatic heterocycles. The van der Waals surface area contributed by atoms with E-state index in [1.54, 1.807) is 0 Å². The monoisotopic (exact) mass is 355 g/mol. The molecule has 2 aliphatic rings. The number of hydrogen-bond acceptors (Lipinski definition) is 4. The zero-order valence-electron chi connectivity index (χ0n) is 14.8. The molecule has 0 atom stereocenters. The topological polar surface area (TPSA) is 26.8 Å². The summed E-state index contributed by atoms with van der Waals surface area (Å²) in [5.41, 5.74) is 4.00. The van der Waals surface area contributed by atoms with Crippen LogP contribution in [0.3, 0.4) is 0 Å². The third kappa shape index (κ3) is 3.58. The van der Waals surface area contributed by atoms with E-state index in [9.17, 15) is 4.79 Å². The van der Waals surface area contributed by atoms with E-state index in [0.29, 0.717) is 6.54 Å². The molecule has 1 aromatic heterocycles. The van der Waals surface area contributed by atoms with Gasteiger partial charge in [0.05, 0.1) is 6.54 Å². The second-order valence-corrected chi connectivity index (χ2v) is 7.98. The summed E-state index contributed by atoms with van der Waals surface area (Å²) in [5, 5.41) is 2.14. The van der Waals surface area contributed by atoms with Crippen LogP contribution in [0.5, 0.6) is 0 Å². The highest BCUT2D eigenvalue weighted by atomic mass is 32.1. The molecule has 25 heavy (non-hydrogen) atoms. The SMILES string of the molecule is Cc1ccccc1N1CCN(CC(=O)N2CCc3sccc3C2)CC1. The lowest BCUT2D eigenvalue weighted by molar-refractivity contribution is -0.133. The van der Waals surface area contributed by atoms with Gasteiger partial charge >= 0.3 is 0 Å². The Kier molecular flexibility index (Phi) is 4.77. The average Bonchev–Trinajstić information content (AvgIpc) is 3.10. The molecule has 0 spiro atoms. The first-order valence-electron chi connectivity index (χ1n) is 9.06. The van der Waals surface area contributed by atoms with Crippen LogP contribution in [-0.2, 0) is 17.8 Å². The fourth-order valence-corrected chi connectivity index (χ4v) is 4.71. The highest BCUT2D eigenvalue weighted by molar-refractivity contribution is 7.10. The first-order valence-corrected chi connectivity index (χ1v) is 9.94. The van der Waals surface area contributed by atoms with Crippen LogP contribution < -0.4 is 4.90 Å². The predicted octanol–water partition coefficient (Wildman–Crippen LogP) is 2.76. The predicted molar refractivity (Wildman–Crippen MR) is 103 cm³/mol. The number of thiophene rings is 1. The Morgan fingerprint density at radius 1 is 1.08 bits per heavy atom. The number of amides is 1. The van der Waals surface area contributed by atoms with Crippen LogP contribution in [0.2, 0.25) is 0 Å². The Bertz CT molecular complexity index is 749. The van der Waals surface area contributed by atoms with Gasteiger partial charge in [0.1, 0.15) is 0 Å². The number of fused-ring (bicyclic) bond motifs is 1. The lowest BCUT2D eigenvalue weighted by atomic mass is 10.1. The number of nitrogens with zero attached hydrogens (tertiary/aromatic N) is 3. The molecule has 1 fully saturated rings. The molecule has 0 saturated carbocycles. The van der Waals surface area contributed by atoms with Crippen LogP contribution in [0.25, 0.3) is 0 Å². The molecular formula is C20H25N3OS. The lowest BCUT2D eigenvalue weighted by Gasteiger charge is -2.37. The van der Waals surface area contributed by atoms with Crippen LogP contribution in [0.15, 0.2) is 35.7 Å². The Hall–Kier alpha value is -1.85. The standard InChI is InChI=1S/C20H25N3OS/c1-16-4-2-3-5-18(16)22-11-9-21(10-12-22)15-20(24)23-8-6-19-17(14-23)7-13-25-19/h2-5,7,13H,6,8-12,14-15H2,1H3. The quantitative estimate of drug-likeness (QED) is 0.847. The van der Waals surface area contributed by atoms with Crippen LogP contribution >= 0.6 is 11.3 Å². The molecule has 2 aromatic rings. The van der Waals surface area contributed by atoms with Gasteiger partial charge < -0.3 is 9.80 Å². The molecule has 0 radical (unpaired) electrons. The highest BCUT2D eigenvalue weighted by Gasteiger charge is 2.25. The second kappa shape index (κ2) is 7.18. The van der Waals surface area contributed by atoms with Gasteiger partial charge in [0.25, 0.3) is 0 Å². The summed E-state index contributed by atoms with van der Waals surface area (Å²) in [7, 11) is 0. The number of para-hydroxylation sites is 1. The van der Waals surface area contributed by atoms with Gasteiger partial charge in [-0.15, -0.1) is 11.3 Å². The molecule has 1 amide bonds. The molecular weight excluding hydrogens is 330 g/mol. The zero-order chi connectivity index (χ0) is 17.2. The molecule has 0 unspecified atom stereocenters. The normalized spacial score (nSPS) is 18.3. The van der Waals surface area contributed by atoms with Crippen LogP contribution in [0.1, 0.15) is 16.0 Å². The van der Waals surface area contributed by atoms with Gasteiger partial charge in [0.15, 0.2) is 0 Å². The lowest BCUT2D eigenvalue weighted by Crippen LogP contribution is -2.50. The maximum Gasteiger partial charge on any atom is 0.237 e. The molecule has 0 N–H and O–H groups in total.